The molecule has 0 spiro atoms. The highest BCUT2D eigenvalue weighted by Gasteiger charge is 2.29. The minimum Gasteiger partial charge on any atom is -0.466 e. The van der Waals surface area contributed by atoms with Gasteiger partial charge in [0, 0.05) is 26.2 Å². The Kier molecular flexibility index (Phi) is 11.1. The van der Waals surface area contributed by atoms with Crippen molar-refractivity contribution >= 4 is 11.9 Å². The van der Waals surface area contributed by atoms with E-state index >= 15 is 0 Å². The summed E-state index contributed by atoms with van der Waals surface area (Å²) < 4.78 is 10.8. The van der Waals surface area contributed by atoms with Crippen LogP contribution in [-0.2, 0) is 19.1 Å². The molecule has 2 heterocycles. The standard InChI is InChI=1S/C27H50N2O4/c1-26(2,3)11-17-32-24(30)9-15-28-13-7-22(20-28)19-23-8-14-29(21-23)16-10-25(31)33-18-12-27(4,5)6/h22-23H,7-21H2,1-6H3. The van der Waals surface area contributed by atoms with Crippen LogP contribution in [0.4, 0.5) is 0 Å². The Morgan fingerprint density at radius 1 is 0.727 bits per heavy atom. The van der Waals surface area contributed by atoms with Gasteiger partial charge in [-0.05, 0) is 67.9 Å². The van der Waals surface area contributed by atoms with Crippen molar-refractivity contribution < 1.29 is 19.1 Å². The quantitative estimate of drug-likeness (QED) is 0.387. The third-order valence-corrected chi connectivity index (χ3v) is 6.90. The molecule has 0 aromatic carbocycles. The van der Waals surface area contributed by atoms with Crippen LogP contribution in [0.2, 0.25) is 0 Å². The van der Waals surface area contributed by atoms with Gasteiger partial charge in [0.25, 0.3) is 0 Å². The molecule has 0 aromatic rings. The van der Waals surface area contributed by atoms with Crippen LogP contribution < -0.4 is 0 Å². The van der Waals surface area contributed by atoms with E-state index in [1.165, 1.54) is 19.3 Å². The summed E-state index contributed by atoms with van der Waals surface area (Å²) in [6.07, 6.45) is 6.53. The van der Waals surface area contributed by atoms with E-state index in [1.807, 2.05) is 0 Å². The van der Waals surface area contributed by atoms with Gasteiger partial charge in [-0.2, -0.15) is 0 Å². The van der Waals surface area contributed by atoms with Gasteiger partial charge in [0.1, 0.15) is 0 Å². The number of nitrogens with zero attached hydrogens (tertiary/aromatic N) is 2. The summed E-state index contributed by atoms with van der Waals surface area (Å²) >= 11 is 0. The molecule has 2 atom stereocenters. The van der Waals surface area contributed by atoms with Crippen molar-refractivity contribution in [3.8, 4) is 0 Å². The zero-order valence-electron chi connectivity index (χ0n) is 22.3. The second-order valence-electron chi connectivity index (χ2n) is 12.7. The Morgan fingerprint density at radius 2 is 1.12 bits per heavy atom. The second kappa shape index (κ2) is 13.1. The first-order chi connectivity index (χ1) is 15.4. The monoisotopic (exact) mass is 466 g/mol. The van der Waals surface area contributed by atoms with Gasteiger partial charge in [0.05, 0.1) is 26.1 Å². The summed E-state index contributed by atoms with van der Waals surface area (Å²) in [6.45, 7) is 20.1. The molecule has 2 rings (SSSR count). The fourth-order valence-corrected chi connectivity index (χ4v) is 4.67. The smallest absolute Gasteiger partial charge is 0.307 e. The molecule has 33 heavy (non-hydrogen) atoms. The minimum atomic E-state index is -0.0638. The van der Waals surface area contributed by atoms with Crippen LogP contribution in [0.15, 0.2) is 0 Å². The van der Waals surface area contributed by atoms with Crippen LogP contribution in [0.3, 0.4) is 0 Å². The van der Waals surface area contributed by atoms with E-state index in [0.29, 0.717) is 26.1 Å². The number of esters is 2. The predicted molar refractivity (Wildman–Crippen MR) is 133 cm³/mol. The normalized spacial score (nSPS) is 22.6. The van der Waals surface area contributed by atoms with Crippen LogP contribution in [0.25, 0.3) is 0 Å². The molecule has 0 radical (unpaired) electrons. The van der Waals surface area contributed by atoms with Gasteiger partial charge in [0.15, 0.2) is 0 Å². The molecule has 2 fully saturated rings. The van der Waals surface area contributed by atoms with Gasteiger partial charge in [-0.25, -0.2) is 0 Å². The lowest BCUT2D eigenvalue weighted by molar-refractivity contribution is -0.145. The first-order valence-corrected chi connectivity index (χ1v) is 13.2. The Labute approximate surface area is 202 Å². The number of carbonyl (C=O) groups is 2. The van der Waals surface area contributed by atoms with E-state index in [4.69, 9.17) is 9.47 Å². The number of ether oxygens (including phenoxy) is 2. The van der Waals surface area contributed by atoms with Crippen LogP contribution in [0, 0.1) is 22.7 Å². The van der Waals surface area contributed by atoms with Crippen molar-refractivity contribution in [3.05, 3.63) is 0 Å². The number of rotatable bonds is 12. The minimum absolute atomic E-state index is 0.0638. The van der Waals surface area contributed by atoms with Crippen LogP contribution in [0.5, 0.6) is 0 Å². The summed E-state index contributed by atoms with van der Waals surface area (Å²) in [7, 11) is 0. The van der Waals surface area contributed by atoms with Crippen molar-refractivity contribution in [2.24, 2.45) is 22.7 Å². The van der Waals surface area contributed by atoms with Crippen LogP contribution in [-0.4, -0.2) is 74.2 Å². The molecule has 2 saturated heterocycles. The molecule has 192 valence electrons. The van der Waals surface area contributed by atoms with Gasteiger partial charge in [-0.15, -0.1) is 0 Å². The lowest BCUT2D eigenvalue weighted by atomic mass is 9.93. The summed E-state index contributed by atoms with van der Waals surface area (Å²) in [4.78, 5) is 28.9. The third-order valence-electron chi connectivity index (χ3n) is 6.90. The Hall–Kier alpha value is -1.14. The van der Waals surface area contributed by atoms with Gasteiger partial charge in [-0.3, -0.25) is 9.59 Å². The van der Waals surface area contributed by atoms with Crippen molar-refractivity contribution in [3.63, 3.8) is 0 Å². The van der Waals surface area contributed by atoms with E-state index < -0.39 is 0 Å². The highest BCUT2D eigenvalue weighted by molar-refractivity contribution is 5.69. The third kappa shape index (κ3) is 12.8. The molecule has 0 aromatic heterocycles. The zero-order valence-corrected chi connectivity index (χ0v) is 22.3. The Balaban J connectivity index is 1.54. The maximum atomic E-state index is 12.0. The molecule has 2 aliphatic heterocycles. The van der Waals surface area contributed by atoms with E-state index in [9.17, 15) is 9.59 Å². The number of carbonyl (C=O) groups excluding carboxylic acids is 2. The maximum Gasteiger partial charge on any atom is 0.307 e. The lowest BCUT2D eigenvalue weighted by Crippen LogP contribution is -2.26. The molecule has 0 bridgehead atoms. The Morgan fingerprint density at radius 3 is 1.48 bits per heavy atom. The zero-order chi connectivity index (χ0) is 24.5. The molecule has 2 aliphatic rings. The average molecular weight is 467 g/mol. The number of likely N-dealkylation sites (tertiary alicyclic amines) is 2. The van der Waals surface area contributed by atoms with Gasteiger partial charge < -0.3 is 19.3 Å². The predicted octanol–water partition coefficient (Wildman–Crippen LogP) is 4.76. The molecular formula is C27H50N2O4. The van der Waals surface area contributed by atoms with E-state index in [1.54, 1.807) is 0 Å². The first-order valence-electron chi connectivity index (χ1n) is 13.2. The number of hydrogen-bond donors (Lipinski definition) is 0. The van der Waals surface area contributed by atoms with Crippen molar-refractivity contribution in [2.45, 2.75) is 86.5 Å². The largest absolute Gasteiger partial charge is 0.466 e. The lowest BCUT2D eigenvalue weighted by Gasteiger charge is -2.20. The molecule has 0 amide bonds. The molecular weight excluding hydrogens is 416 g/mol. The van der Waals surface area contributed by atoms with Gasteiger partial charge in [0.2, 0.25) is 0 Å². The highest BCUT2D eigenvalue weighted by atomic mass is 16.5. The summed E-state index contributed by atoms with van der Waals surface area (Å²) in [6, 6.07) is 0. The van der Waals surface area contributed by atoms with Gasteiger partial charge in [-0.1, -0.05) is 41.5 Å². The van der Waals surface area contributed by atoms with E-state index in [-0.39, 0.29) is 22.8 Å². The summed E-state index contributed by atoms with van der Waals surface area (Å²) in [5.41, 5.74) is 0.404. The molecule has 0 saturated carbocycles. The fourth-order valence-electron chi connectivity index (χ4n) is 4.67. The average Bonchev–Trinajstić information content (AvgIpc) is 3.32. The SMILES string of the molecule is CC(C)(C)CCOC(=O)CCN1CCC(CC2CCN(CCC(=O)OCCC(C)(C)C)C2)C1. The van der Waals surface area contributed by atoms with Crippen LogP contribution >= 0.6 is 0 Å². The van der Waals surface area contributed by atoms with Gasteiger partial charge >= 0.3 is 11.9 Å². The summed E-state index contributed by atoms with van der Waals surface area (Å²) in [5.74, 6) is 1.33. The molecule has 0 aliphatic carbocycles. The van der Waals surface area contributed by atoms with E-state index in [0.717, 1.165) is 63.9 Å². The fraction of sp³-hybridized carbons (Fsp3) is 0.926. The Bertz CT molecular complexity index is 556. The van der Waals surface area contributed by atoms with Crippen molar-refractivity contribution in [2.75, 3.05) is 52.5 Å². The van der Waals surface area contributed by atoms with E-state index in [2.05, 4.69) is 51.3 Å². The number of hydrogen-bond acceptors (Lipinski definition) is 6. The molecule has 6 nitrogen and oxygen atoms in total. The van der Waals surface area contributed by atoms with Crippen molar-refractivity contribution in [1.29, 1.82) is 0 Å². The highest BCUT2D eigenvalue weighted by Crippen LogP contribution is 2.29. The van der Waals surface area contributed by atoms with Crippen molar-refractivity contribution in [1.82, 2.24) is 9.80 Å². The molecule has 0 N–H and O–H groups in total. The first kappa shape index (κ1) is 28.1. The molecule has 2 unspecified atom stereocenters. The topological polar surface area (TPSA) is 59.1 Å². The molecule has 6 heteroatoms. The van der Waals surface area contributed by atoms with Crippen LogP contribution in [0.1, 0.15) is 86.5 Å². The maximum absolute atomic E-state index is 12.0. The second-order valence-corrected chi connectivity index (χ2v) is 12.7. The summed E-state index contributed by atoms with van der Waals surface area (Å²) in [5, 5.41) is 0.